The van der Waals surface area contributed by atoms with Crippen molar-refractivity contribution in [1.29, 1.82) is 0 Å². The predicted octanol–water partition coefficient (Wildman–Crippen LogP) is 5.56. The van der Waals surface area contributed by atoms with Gasteiger partial charge in [0.1, 0.15) is 10.8 Å². The number of carbonyl (C=O) groups is 1. The lowest BCUT2D eigenvalue weighted by Crippen LogP contribution is -2.21. The first-order chi connectivity index (χ1) is 14.9. The van der Waals surface area contributed by atoms with Gasteiger partial charge in [0.15, 0.2) is 5.82 Å². The zero-order valence-electron chi connectivity index (χ0n) is 16.6. The van der Waals surface area contributed by atoms with Gasteiger partial charge in [0.2, 0.25) is 0 Å². The highest BCUT2D eigenvalue weighted by molar-refractivity contribution is 6.33. The van der Waals surface area contributed by atoms with Gasteiger partial charge in [-0.05, 0) is 30.2 Å². The lowest BCUT2D eigenvalue weighted by Gasteiger charge is -2.16. The second-order valence-corrected chi connectivity index (χ2v) is 7.74. The number of pyridine rings is 3. The van der Waals surface area contributed by atoms with E-state index in [1.54, 1.807) is 42.9 Å². The normalized spacial score (nSPS) is 11.0. The fourth-order valence-electron chi connectivity index (χ4n) is 3.12. The third kappa shape index (κ3) is 4.55. The summed E-state index contributed by atoms with van der Waals surface area (Å²) in [6.07, 6.45) is 6.30. The topological polar surface area (TPSA) is 106 Å². The molecule has 0 bridgehead atoms. The number of nitrogens with zero attached hydrogens (tertiary/aromatic N) is 5. The molecule has 0 aliphatic heterocycles. The third-order valence-corrected chi connectivity index (χ3v) is 4.92. The van der Waals surface area contributed by atoms with Crippen LogP contribution in [0.1, 0.15) is 25.3 Å². The second kappa shape index (κ2) is 8.79. The van der Waals surface area contributed by atoms with E-state index in [0.717, 1.165) is 5.56 Å². The maximum atomic E-state index is 12.6. The van der Waals surface area contributed by atoms with Crippen LogP contribution in [-0.4, -0.2) is 31.0 Å². The minimum atomic E-state index is -0.466. The van der Waals surface area contributed by atoms with Crippen LogP contribution in [0.4, 0.5) is 16.2 Å². The van der Waals surface area contributed by atoms with Gasteiger partial charge in [0.05, 0.1) is 39.8 Å². The van der Waals surface area contributed by atoms with Gasteiger partial charge in [-0.2, -0.15) is 0 Å². The zero-order valence-corrected chi connectivity index (χ0v) is 18.1. The molecule has 0 unspecified atom stereocenters. The lowest BCUT2D eigenvalue weighted by atomic mass is 10.0. The summed E-state index contributed by atoms with van der Waals surface area (Å²) in [7, 11) is 0. The standard InChI is InChI=1S/C21H17Cl2N7O/c1-11(2)17-15(10-26-14-4-5-16(23)30-19(14)17)29-21(31)28-12-8-13(22)18(27-9-12)20-24-6-3-7-25-20/h3-11H,1-2H3,(H2,28,29,31). The fourth-order valence-corrected chi connectivity index (χ4v) is 3.52. The Labute approximate surface area is 188 Å². The van der Waals surface area contributed by atoms with Crippen molar-refractivity contribution in [3.05, 3.63) is 64.8 Å². The Morgan fingerprint density at radius 3 is 2.48 bits per heavy atom. The van der Waals surface area contributed by atoms with E-state index >= 15 is 0 Å². The Hall–Kier alpha value is -3.36. The Bertz CT molecular complexity index is 1270. The summed E-state index contributed by atoms with van der Waals surface area (Å²) in [5.74, 6) is 0.478. The summed E-state index contributed by atoms with van der Waals surface area (Å²) in [6.45, 7) is 4.02. The Kier molecular flexibility index (Phi) is 5.92. The summed E-state index contributed by atoms with van der Waals surface area (Å²) in [6, 6.07) is 6.30. The molecule has 2 N–H and O–H groups in total. The minimum absolute atomic E-state index is 0.0769. The van der Waals surface area contributed by atoms with Crippen molar-refractivity contribution in [3.63, 3.8) is 0 Å². The molecule has 0 atom stereocenters. The minimum Gasteiger partial charge on any atom is -0.306 e. The summed E-state index contributed by atoms with van der Waals surface area (Å²) in [5.41, 5.74) is 3.59. The van der Waals surface area contributed by atoms with Crippen LogP contribution in [0.15, 0.2) is 49.1 Å². The van der Waals surface area contributed by atoms with Crippen molar-refractivity contribution in [3.8, 4) is 11.5 Å². The smallest absolute Gasteiger partial charge is 0.306 e. The van der Waals surface area contributed by atoms with E-state index < -0.39 is 6.03 Å². The van der Waals surface area contributed by atoms with Crippen LogP contribution in [0.25, 0.3) is 22.6 Å². The monoisotopic (exact) mass is 453 g/mol. The van der Waals surface area contributed by atoms with E-state index in [4.69, 9.17) is 23.2 Å². The van der Waals surface area contributed by atoms with Crippen LogP contribution < -0.4 is 10.6 Å². The molecule has 0 fully saturated rings. The predicted molar refractivity (Wildman–Crippen MR) is 122 cm³/mol. The third-order valence-electron chi connectivity index (χ3n) is 4.42. The number of fused-ring (bicyclic) bond motifs is 1. The van der Waals surface area contributed by atoms with E-state index in [9.17, 15) is 4.79 Å². The summed E-state index contributed by atoms with van der Waals surface area (Å²) >= 11 is 12.4. The van der Waals surface area contributed by atoms with Crippen LogP contribution in [0.3, 0.4) is 0 Å². The molecule has 156 valence electrons. The number of amides is 2. The molecular weight excluding hydrogens is 437 g/mol. The Morgan fingerprint density at radius 2 is 1.77 bits per heavy atom. The quantitative estimate of drug-likeness (QED) is 0.392. The van der Waals surface area contributed by atoms with Crippen molar-refractivity contribution in [2.75, 3.05) is 10.6 Å². The molecule has 8 nitrogen and oxygen atoms in total. The van der Waals surface area contributed by atoms with Gasteiger partial charge in [0.25, 0.3) is 0 Å². The number of anilines is 2. The molecule has 4 aromatic heterocycles. The zero-order chi connectivity index (χ0) is 22.0. The molecule has 0 saturated carbocycles. The van der Waals surface area contributed by atoms with Crippen LogP contribution in [0.5, 0.6) is 0 Å². The van der Waals surface area contributed by atoms with Gasteiger partial charge >= 0.3 is 6.03 Å². The van der Waals surface area contributed by atoms with Gasteiger partial charge < -0.3 is 10.6 Å². The van der Waals surface area contributed by atoms with Crippen molar-refractivity contribution >= 4 is 51.6 Å². The number of urea groups is 1. The van der Waals surface area contributed by atoms with Gasteiger partial charge in [0, 0.05) is 18.0 Å². The number of hydrogen-bond donors (Lipinski definition) is 2. The molecule has 31 heavy (non-hydrogen) atoms. The van der Waals surface area contributed by atoms with Crippen molar-refractivity contribution in [2.24, 2.45) is 0 Å². The van der Waals surface area contributed by atoms with E-state index in [1.807, 2.05) is 13.8 Å². The van der Waals surface area contributed by atoms with E-state index in [-0.39, 0.29) is 5.92 Å². The first-order valence-electron chi connectivity index (χ1n) is 9.38. The average Bonchev–Trinajstić information content (AvgIpc) is 2.73. The van der Waals surface area contributed by atoms with Gasteiger partial charge in [-0.15, -0.1) is 0 Å². The number of aromatic nitrogens is 5. The largest absolute Gasteiger partial charge is 0.323 e. The maximum Gasteiger partial charge on any atom is 0.323 e. The van der Waals surface area contributed by atoms with Crippen molar-refractivity contribution in [2.45, 2.75) is 19.8 Å². The SMILES string of the molecule is CC(C)c1c(NC(=O)Nc2cnc(-c3ncccn3)c(Cl)c2)cnc2ccc(Cl)nc12. The first-order valence-corrected chi connectivity index (χ1v) is 10.1. The number of rotatable bonds is 4. The molecular formula is C21H17Cl2N7O. The summed E-state index contributed by atoms with van der Waals surface area (Å²) < 4.78 is 0. The van der Waals surface area contributed by atoms with Gasteiger partial charge in [-0.25, -0.2) is 24.7 Å². The van der Waals surface area contributed by atoms with Crippen molar-refractivity contribution < 1.29 is 4.79 Å². The van der Waals surface area contributed by atoms with Crippen molar-refractivity contribution in [1.82, 2.24) is 24.9 Å². The van der Waals surface area contributed by atoms with E-state index in [2.05, 4.69) is 35.6 Å². The van der Waals surface area contributed by atoms with Crippen LogP contribution in [0.2, 0.25) is 10.2 Å². The number of carbonyl (C=O) groups excluding carboxylic acids is 1. The molecule has 4 rings (SSSR count). The molecule has 2 amide bonds. The molecule has 0 aromatic carbocycles. The van der Waals surface area contributed by atoms with Crippen LogP contribution in [0, 0.1) is 0 Å². The molecule has 0 aliphatic carbocycles. The molecule has 0 aliphatic rings. The van der Waals surface area contributed by atoms with Gasteiger partial charge in [-0.3, -0.25) is 4.98 Å². The number of halogens is 2. The van der Waals surface area contributed by atoms with E-state index in [1.165, 1.54) is 6.20 Å². The highest BCUT2D eigenvalue weighted by Gasteiger charge is 2.17. The van der Waals surface area contributed by atoms with Crippen LogP contribution in [-0.2, 0) is 0 Å². The molecule has 0 spiro atoms. The lowest BCUT2D eigenvalue weighted by molar-refractivity contribution is 0.262. The van der Waals surface area contributed by atoms with Crippen LogP contribution >= 0.6 is 23.2 Å². The molecule has 4 heterocycles. The maximum absolute atomic E-state index is 12.6. The second-order valence-electron chi connectivity index (χ2n) is 6.95. The molecule has 0 saturated heterocycles. The highest BCUT2D eigenvalue weighted by atomic mass is 35.5. The molecule has 0 radical (unpaired) electrons. The molecule has 4 aromatic rings. The fraction of sp³-hybridized carbons (Fsp3) is 0.143. The number of hydrogen-bond acceptors (Lipinski definition) is 6. The Balaban J connectivity index is 1.57. The highest BCUT2D eigenvalue weighted by Crippen LogP contribution is 2.31. The summed E-state index contributed by atoms with van der Waals surface area (Å²) in [4.78, 5) is 33.9. The van der Waals surface area contributed by atoms with E-state index in [0.29, 0.717) is 44.1 Å². The van der Waals surface area contributed by atoms with Gasteiger partial charge in [-0.1, -0.05) is 37.0 Å². The summed E-state index contributed by atoms with van der Waals surface area (Å²) in [5, 5.41) is 6.23. The molecule has 10 heteroatoms. The average molecular weight is 454 g/mol. The first kappa shape index (κ1) is 20.9. The number of nitrogens with one attached hydrogen (secondary N) is 2. The Morgan fingerprint density at radius 1 is 1.00 bits per heavy atom.